The fourth-order valence-corrected chi connectivity index (χ4v) is 11.9. The highest BCUT2D eigenvalue weighted by Gasteiger charge is 2.53. The number of rotatable bonds is 54. The molecule has 0 saturated carbocycles. The van der Waals surface area contributed by atoms with Crippen LogP contribution in [-0.2, 0) is 33.2 Å². The Kier molecular flexibility index (Phi) is 47.9. The van der Waals surface area contributed by atoms with Crippen LogP contribution in [0.5, 0.6) is 0 Å². The largest absolute Gasteiger partial charge is 0.394 e. The summed E-state index contributed by atoms with van der Waals surface area (Å²) >= 11 is 0. The average molecular weight is 1280 g/mol. The van der Waals surface area contributed by atoms with Gasteiger partial charge in [0.1, 0.15) is 73.2 Å². The van der Waals surface area contributed by atoms with Crippen molar-refractivity contribution in [2.75, 3.05) is 26.4 Å². The van der Waals surface area contributed by atoms with Gasteiger partial charge in [-0.2, -0.15) is 0 Å². The Hall–Kier alpha value is -2.51. The van der Waals surface area contributed by atoms with Crippen LogP contribution in [0.2, 0.25) is 0 Å². The third-order valence-electron chi connectivity index (χ3n) is 17.6. The summed E-state index contributed by atoms with van der Waals surface area (Å²) in [5, 5.41) is 121. The molecule has 3 fully saturated rings. The van der Waals surface area contributed by atoms with E-state index in [0.717, 1.165) is 77.0 Å². The first-order valence-corrected chi connectivity index (χ1v) is 35.5. The number of ether oxygens (including phenoxy) is 6. The van der Waals surface area contributed by atoms with Gasteiger partial charge in [-0.1, -0.05) is 248 Å². The highest BCUT2D eigenvalue weighted by Crippen LogP contribution is 2.33. The quantitative estimate of drug-likeness (QED) is 0.0199. The summed E-state index contributed by atoms with van der Waals surface area (Å²) in [5.41, 5.74) is 0. The normalized spacial score (nSPS) is 28.4. The monoisotopic (exact) mass is 1280 g/mol. The third-order valence-corrected chi connectivity index (χ3v) is 17.6. The van der Waals surface area contributed by atoms with Crippen LogP contribution in [0, 0.1) is 0 Å². The molecule has 0 bridgehead atoms. The van der Waals surface area contributed by atoms with E-state index in [0.29, 0.717) is 12.8 Å². The second kappa shape index (κ2) is 52.7. The van der Waals surface area contributed by atoms with Crippen molar-refractivity contribution >= 4 is 5.91 Å². The van der Waals surface area contributed by atoms with Crippen molar-refractivity contribution in [3.8, 4) is 0 Å². The molecule has 3 aliphatic heterocycles. The molecule has 0 aromatic carbocycles. The topological polar surface area (TPSA) is 307 Å². The minimum Gasteiger partial charge on any atom is -0.394 e. The number of hydrogen-bond acceptors (Lipinski definition) is 18. The maximum absolute atomic E-state index is 13.4. The van der Waals surface area contributed by atoms with E-state index in [2.05, 4.69) is 79.9 Å². The van der Waals surface area contributed by atoms with E-state index in [1.165, 1.54) is 141 Å². The fraction of sp³-hybridized carbons (Fsp3) is 0.845. The number of carbonyl (C=O) groups is 1. The molecule has 0 aliphatic carbocycles. The van der Waals surface area contributed by atoms with E-state index in [-0.39, 0.29) is 18.9 Å². The van der Waals surface area contributed by atoms with E-state index in [4.69, 9.17) is 28.4 Å². The Balaban J connectivity index is 1.34. The Morgan fingerprint density at radius 2 is 0.767 bits per heavy atom. The highest BCUT2D eigenvalue weighted by atomic mass is 16.8. The van der Waals surface area contributed by atoms with Gasteiger partial charge in [0, 0.05) is 6.42 Å². The first kappa shape index (κ1) is 81.7. The lowest BCUT2D eigenvalue weighted by atomic mass is 9.96. The minimum absolute atomic E-state index is 0.243. The summed E-state index contributed by atoms with van der Waals surface area (Å²) in [6, 6.07) is -0.887. The van der Waals surface area contributed by atoms with Crippen LogP contribution in [-0.4, -0.2) is 193 Å². The van der Waals surface area contributed by atoms with Crippen molar-refractivity contribution in [3.05, 3.63) is 60.8 Å². The van der Waals surface area contributed by atoms with Gasteiger partial charge < -0.3 is 89.9 Å². The zero-order valence-electron chi connectivity index (χ0n) is 55.4. The zero-order chi connectivity index (χ0) is 65.4. The van der Waals surface area contributed by atoms with Crippen molar-refractivity contribution in [1.82, 2.24) is 5.32 Å². The summed E-state index contributed by atoms with van der Waals surface area (Å²) in [7, 11) is 0. The summed E-state index contributed by atoms with van der Waals surface area (Å²) in [6.07, 6.45) is 37.5. The number of nitrogens with one attached hydrogen (secondary N) is 1. The average Bonchev–Trinajstić information content (AvgIpc) is 0.864. The smallest absolute Gasteiger partial charge is 0.220 e. The molecule has 0 radical (unpaired) electrons. The number of hydrogen-bond donors (Lipinski definition) is 12. The molecule has 17 atom stereocenters. The first-order chi connectivity index (χ1) is 43.8. The third kappa shape index (κ3) is 34.2. The van der Waals surface area contributed by atoms with Gasteiger partial charge in [0.15, 0.2) is 18.9 Å². The molecule has 0 spiro atoms. The number of aliphatic hydroxyl groups is 11. The van der Waals surface area contributed by atoms with Crippen LogP contribution >= 0.6 is 0 Å². The lowest BCUT2D eigenvalue weighted by molar-refractivity contribution is -0.379. The molecule has 3 aliphatic rings. The SMILES string of the molecule is CC/C=C\C/C=C\C/C=C\C/C=C\C/C=C\CCCCCCCCCCCCCCCCCCCC(=O)NC(COC1OC(CO)C(OC2OC(CO)C(OC3OC(CO)C(O)C(O)C3O)C(O)C2O)C(O)C1O)C(O)CCCCCCCCCCCCCC. The van der Waals surface area contributed by atoms with Crippen molar-refractivity contribution < 1.29 is 89.4 Å². The van der Waals surface area contributed by atoms with E-state index in [1.54, 1.807) is 0 Å². The van der Waals surface area contributed by atoms with Gasteiger partial charge in [-0.3, -0.25) is 4.79 Å². The standard InChI is InChI=1S/C71H127NO18/c1-3-5-7-9-11-13-15-17-18-19-20-21-22-23-24-25-26-27-28-29-30-31-32-33-34-35-36-37-39-41-43-45-47-49-59(77)72-54(55(76)48-46-44-42-40-38-16-14-12-10-8-6-4-2)53-85-69-65(83)62(80)67(57(51-74)87-69)90-71-66(84)63(81)68(58(52-75)88-71)89-70-64(82)61(79)60(78)56(50-73)86-70/h5,7,11,13,17-18,20-21,23-24,54-58,60-71,73-76,78-84H,3-4,6,8-10,12,14-16,19,22,25-53H2,1-2H3,(H,72,77)/b7-5-,13-11-,18-17-,21-20-,24-23-. The van der Waals surface area contributed by atoms with Gasteiger partial charge in [0.2, 0.25) is 5.91 Å². The molecule has 3 rings (SSSR count). The van der Waals surface area contributed by atoms with Crippen molar-refractivity contribution in [3.63, 3.8) is 0 Å². The zero-order valence-corrected chi connectivity index (χ0v) is 55.4. The number of aliphatic hydroxyl groups excluding tert-OH is 11. The van der Waals surface area contributed by atoms with Gasteiger partial charge in [0.05, 0.1) is 38.6 Å². The molecule has 19 nitrogen and oxygen atoms in total. The molecule has 524 valence electrons. The van der Waals surface area contributed by atoms with Gasteiger partial charge in [-0.05, 0) is 57.8 Å². The molecule has 19 heteroatoms. The lowest BCUT2D eigenvalue weighted by Crippen LogP contribution is -2.66. The summed E-state index contributed by atoms with van der Waals surface area (Å²) in [5.74, 6) is -0.243. The van der Waals surface area contributed by atoms with Gasteiger partial charge in [-0.25, -0.2) is 0 Å². The second-order valence-corrected chi connectivity index (χ2v) is 25.3. The van der Waals surface area contributed by atoms with E-state index < -0.39 is 124 Å². The maximum Gasteiger partial charge on any atom is 0.220 e. The van der Waals surface area contributed by atoms with E-state index in [9.17, 15) is 61.0 Å². The Morgan fingerprint density at radius 1 is 0.411 bits per heavy atom. The molecule has 0 aromatic heterocycles. The summed E-state index contributed by atoms with van der Waals surface area (Å²) in [6.45, 7) is 1.68. The van der Waals surface area contributed by atoms with Crippen molar-refractivity contribution in [1.29, 1.82) is 0 Å². The van der Waals surface area contributed by atoms with Crippen molar-refractivity contribution in [2.24, 2.45) is 0 Å². The Morgan fingerprint density at radius 3 is 1.20 bits per heavy atom. The minimum atomic E-state index is -1.97. The van der Waals surface area contributed by atoms with E-state index in [1.807, 2.05) is 0 Å². The maximum atomic E-state index is 13.4. The molecular weight excluding hydrogens is 1150 g/mol. The van der Waals surface area contributed by atoms with Crippen molar-refractivity contribution in [2.45, 2.75) is 356 Å². The van der Waals surface area contributed by atoms with Gasteiger partial charge >= 0.3 is 0 Å². The van der Waals surface area contributed by atoms with Crippen LogP contribution in [0.1, 0.15) is 251 Å². The van der Waals surface area contributed by atoms with Crippen LogP contribution < -0.4 is 5.32 Å². The predicted octanol–water partition coefficient (Wildman–Crippen LogP) is 9.55. The molecule has 3 heterocycles. The molecule has 0 aromatic rings. The molecule has 12 N–H and O–H groups in total. The van der Waals surface area contributed by atoms with Gasteiger partial charge in [-0.15, -0.1) is 0 Å². The number of carbonyl (C=O) groups excluding carboxylic acids is 1. The molecule has 17 unspecified atom stereocenters. The van der Waals surface area contributed by atoms with Gasteiger partial charge in [0.25, 0.3) is 0 Å². The second-order valence-electron chi connectivity index (χ2n) is 25.3. The number of unbranched alkanes of at least 4 members (excludes halogenated alkanes) is 28. The molecule has 90 heavy (non-hydrogen) atoms. The molecular formula is C71H127NO18. The lowest BCUT2D eigenvalue weighted by Gasteiger charge is -2.48. The fourth-order valence-electron chi connectivity index (χ4n) is 11.9. The summed E-state index contributed by atoms with van der Waals surface area (Å²) in [4.78, 5) is 13.4. The van der Waals surface area contributed by atoms with Crippen LogP contribution in [0.25, 0.3) is 0 Å². The molecule has 1 amide bonds. The first-order valence-electron chi connectivity index (χ1n) is 35.5. The van der Waals surface area contributed by atoms with Crippen LogP contribution in [0.15, 0.2) is 60.8 Å². The molecule has 3 saturated heterocycles. The predicted molar refractivity (Wildman–Crippen MR) is 351 cm³/mol. The Bertz CT molecular complexity index is 1870. The van der Waals surface area contributed by atoms with E-state index >= 15 is 0 Å². The Labute approximate surface area is 541 Å². The summed E-state index contributed by atoms with van der Waals surface area (Å²) < 4.78 is 34.4. The number of amides is 1. The highest BCUT2D eigenvalue weighted by molar-refractivity contribution is 5.76. The van der Waals surface area contributed by atoms with Crippen LogP contribution in [0.4, 0.5) is 0 Å². The van der Waals surface area contributed by atoms with Crippen LogP contribution in [0.3, 0.4) is 0 Å². The number of allylic oxidation sites excluding steroid dienone is 10.